The van der Waals surface area contributed by atoms with Crippen molar-refractivity contribution in [2.45, 2.75) is 18.4 Å². The quantitative estimate of drug-likeness (QED) is 0.772. The second kappa shape index (κ2) is 3.98. The van der Waals surface area contributed by atoms with Crippen LogP contribution >= 0.6 is 0 Å². The topological polar surface area (TPSA) is 40.5 Å². The van der Waals surface area contributed by atoms with E-state index in [1.54, 1.807) is 6.07 Å². The molecule has 5 heteroatoms. The van der Waals surface area contributed by atoms with Gasteiger partial charge in [0.2, 0.25) is 0 Å². The Labute approximate surface area is 78.6 Å². The Hall–Kier alpha value is -1.07. The first kappa shape index (κ1) is 11.0. The molecule has 0 unspecified atom stereocenters. The van der Waals surface area contributed by atoms with Crippen LogP contribution in [0.3, 0.4) is 0 Å². The molecule has 0 saturated heterocycles. The molecule has 0 aliphatic heterocycles. The highest BCUT2D eigenvalue weighted by Gasteiger charge is 2.43. The highest BCUT2D eigenvalue weighted by Crippen LogP contribution is 2.29. The standard InChI is InChI=1S/C9H9F3O2/c10-9(11,12)8(14)7(13)6-4-2-1-3-5-6/h1-5,7-8,13-14H/t7-,8+/m0/s1. The van der Waals surface area contributed by atoms with E-state index in [0.717, 1.165) is 0 Å². The van der Waals surface area contributed by atoms with Crippen LogP contribution < -0.4 is 0 Å². The van der Waals surface area contributed by atoms with E-state index < -0.39 is 18.4 Å². The Morgan fingerprint density at radius 3 is 1.93 bits per heavy atom. The monoisotopic (exact) mass is 206 g/mol. The van der Waals surface area contributed by atoms with E-state index in [9.17, 15) is 13.2 Å². The van der Waals surface area contributed by atoms with Gasteiger partial charge in [-0.1, -0.05) is 30.3 Å². The molecule has 2 N–H and O–H groups in total. The molecule has 0 aliphatic carbocycles. The van der Waals surface area contributed by atoms with Gasteiger partial charge in [-0.05, 0) is 5.56 Å². The van der Waals surface area contributed by atoms with Crippen LogP contribution in [-0.4, -0.2) is 22.5 Å². The molecule has 0 heterocycles. The van der Waals surface area contributed by atoms with Crippen LogP contribution in [0.25, 0.3) is 0 Å². The van der Waals surface area contributed by atoms with E-state index in [1.165, 1.54) is 24.3 Å². The molecular weight excluding hydrogens is 197 g/mol. The first-order chi connectivity index (χ1) is 6.43. The molecule has 1 rings (SSSR count). The number of hydrogen-bond acceptors (Lipinski definition) is 2. The summed E-state index contributed by atoms with van der Waals surface area (Å²) in [4.78, 5) is 0. The van der Waals surface area contributed by atoms with Gasteiger partial charge in [0.25, 0.3) is 0 Å². The van der Waals surface area contributed by atoms with E-state index in [4.69, 9.17) is 10.2 Å². The molecule has 2 atom stereocenters. The summed E-state index contributed by atoms with van der Waals surface area (Å²) in [6.45, 7) is 0. The van der Waals surface area contributed by atoms with Gasteiger partial charge in [-0.15, -0.1) is 0 Å². The molecule has 0 fully saturated rings. The third-order valence-corrected chi connectivity index (χ3v) is 1.78. The van der Waals surface area contributed by atoms with Crippen molar-refractivity contribution >= 4 is 0 Å². The molecule has 0 amide bonds. The van der Waals surface area contributed by atoms with Crippen molar-refractivity contribution in [1.82, 2.24) is 0 Å². The maximum atomic E-state index is 12.0. The average molecular weight is 206 g/mol. The fourth-order valence-corrected chi connectivity index (χ4v) is 1.01. The maximum Gasteiger partial charge on any atom is 0.417 e. The van der Waals surface area contributed by atoms with Gasteiger partial charge in [0.1, 0.15) is 6.10 Å². The summed E-state index contributed by atoms with van der Waals surface area (Å²) in [6.07, 6.45) is -9.49. The largest absolute Gasteiger partial charge is 0.417 e. The second-order valence-electron chi connectivity index (χ2n) is 2.84. The number of aliphatic hydroxyl groups is 2. The summed E-state index contributed by atoms with van der Waals surface area (Å²) in [5.41, 5.74) is 0.0392. The summed E-state index contributed by atoms with van der Waals surface area (Å²) >= 11 is 0. The summed E-state index contributed by atoms with van der Waals surface area (Å²) in [5.74, 6) is 0. The summed E-state index contributed by atoms with van der Waals surface area (Å²) < 4.78 is 35.9. The van der Waals surface area contributed by atoms with Gasteiger partial charge < -0.3 is 10.2 Å². The van der Waals surface area contributed by atoms with Crippen molar-refractivity contribution in [2.75, 3.05) is 0 Å². The molecule has 78 valence electrons. The Balaban J connectivity index is 2.81. The van der Waals surface area contributed by atoms with Crippen molar-refractivity contribution < 1.29 is 23.4 Å². The van der Waals surface area contributed by atoms with Gasteiger partial charge in [0, 0.05) is 0 Å². The number of rotatable bonds is 2. The minimum atomic E-state index is -4.81. The van der Waals surface area contributed by atoms with Crippen LogP contribution in [0.2, 0.25) is 0 Å². The number of aliphatic hydroxyl groups excluding tert-OH is 2. The van der Waals surface area contributed by atoms with Gasteiger partial charge >= 0.3 is 6.18 Å². The molecule has 0 aliphatic rings. The van der Waals surface area contributed by atoms with E-state index in [2.05, 4.69) is 0 Å². The van der Waals surface area contributed by atoms with Crippen LogP contribution in [0.1, 0.15) is 11.7 Å². The molecular formula is C9H9F3O2. The predicted molar refractivity (Wildman–Crippen MR) is 43.5 cm³/mol. The third kappa shape index (κ3) is 2.46. The van der Waals surface area contributed by atoms with Crippen LogP contribution in [0.5, 0.6) is 0 Å². The zero-order valence-corrected chi connectivity index (χ0v) is 7.07. The van der Waals surface area contributed by atoms with E-state index >= 15 is 0 Å². The lowest BCUT2D eigenvalue weighted by Crippen LogP contribution is -2.34. The summed E-state index contributed by atoms with van der Waals surface area (Å²) in [7, 11) is 0. The maximum absolute atomic E-state index is 12.0. The van der Waals surface area contributed by atoms with E-state index in [0.29, 0.717) is 0 Å². The van der Waals surface area contributed by atoms with E-state index in [-0.39, 0.29) is 5.56 Å². The van der Waals surface area contributed by atoms with Crippen molar-refractivity contribution in [3.63, 3.8) is 0 Å². The van der Waals surface area contributed by atoms with Crippen LogP contribution in [-0.2, 0) is 0 Å². The molecule has 0 radical (unpaired) electrons. The van der Waals surface area contributed by atoms with E-state index in [1.807, 2.05) is 0 Å². The minimum absolute atomic E-state index is 0.0392. The molecule has 0 spiro atoms. The first-order valence-electron chi connectivity index (χ1n) is 3.90. The second-order valence-corrected chi connectivity index (χ2v) is 2.84. The Morgan fingerprint density at radius 1 is 1.00 bits per heavy atom. The molecule has 0 saturated carbocycles. The van der Waals surface area contributed by atoms with Crippen LogP contribution in [0.4, 0.5) is 13.2 Å². The molecule has 2 nitrogen and oxygen atoms in total. The Morgan fingerprint density at radius 2 is 1.50 bits per heavy atom. The normalized spacial score (nSPS) is 16.4. The third-order valence-electron chi connectivity index (χ3n) is 1.78. The van der Waals surface area contributed by atoms with Crippen LogP contribution in [0, 0.1) is 0 Å². The lowest BCUT2D eigenvalue weighted by Gasteiger charge is -2.20. The highest BCUT2D eigenvalue weighted by atomic mass is 19.4. The van der Waals surface area contributed by atoms with Gasteiger partial charge in [0.15, 0.2) is 6.10 Å². The fraction of sp³-hybridized carbons (Fsp3) is 0.333. The zero-order chi connectivity index (χ0) is 10.8. The average Bonchev–Trinajstić information content (AvgIpc) is 2.15. The Kier molecular flexibility index (Phi) is 3.13. The minimum Gasteiger partial charge on any atom is -0.385 e. The SMILES string of the molecule is O[C@H]([C@@H](O)c1ccccc1)C(F)(F)F. The van der Waals surface area contributed by atoms with Crippen molar-refractivity contribution in [3.8, 4) is 0 Å². The molecule has 0 bridgehead atoms. The Bertz CT molecular complexity index is 284. The first-order valence-corrected chi connectivity index (χ1v) is 3.90. The van der Waals surface area contributed by atoms with Crippen molar-refractivity contribution in [1.29, 1.82) is 0 Å². The zero-order valence-electron chi connectivity index (χ0n) is 7.07. The van der Waals surface area contributed by atoms with Gasteiger partial charge in [-0.3, -0.25) is 0 Å². The molecule has 14 heavy (non-hydrogen) atoms. The molecule has 0 aromatic heterocycles. The smallest absolute Gasteiger partial charge is 0.385 e. The summed E-state index contributed by atoms with van der Waals surface area (Å²) in [5, 5.41) is 17.9. The number of halogens is 3. The number of benzene rings is 1. The summed E-state index contributed by atoms with van der Waals surface area (Å²) in [6, 6.07) is 7.22. The lowest BCUT2D eigenvalue weighted by atomic mass is 10.0. The van der Waals surface area contributed by atoms with Crippen molar-refractivity contribution in [2.24, 2.45) is 0 Å². The van der Waals surface area contributed by atoms with Gasteiger partial charge in [0.05, 0.1) is 0 Å². The predicted octanol–water partition coefficient (Wildman–Crippen LogP) is 1.64. The highest BCUT2D eigenvalue weighted by molar-refractivity contribution is 5.18. The lowest BCUT2D eigenvalue weighted by molar-refractivity contribution is -0.231. The van der Waals surface area contributed by atoms with Crippen LogP contribution in [0.15, 0.2) is 30.3 Å². The number of alkyl halides is 3. The molecule has 1 aromatic rings. The molecule has 1 aromatic carbocycles. The van der Waals surface area contributed by atoms with Gasteiger partial charge in [-0.2, -0.15) is 13.2 Å². The fourth-order valence-electron chi connectivity index (χ4n) is 1.01. The van der Waals surface area contributed by atoms with Crippen molar-refractivity contribution in [3.05, 3.63) is 35.9 Å². The number of hydrogen-bond donors (Lipinski definition) is 2. The van der Waals surface area contributed by atoms with Gasteiger partial charge in [-0.25, -0.2) is 0 Å².